The molecule has 0 spiro atoms. The van der Waals surface area contributed by atoms with E-state index in [1.54, 1.807) is 36.4 Å². The first-order valence-electron chi connectivity index (χ1n) is 8.28. The maximum atomic E-state index is 11.8. The Balaban J connectivity index is 2.07. The SMILES string of the molecule is Cc1ccc(C2=C3C=CC(=O)C=C3Cc3cc(O)ccc32)c(C(=O)O)c1. The number of carboxylic acids is 1. The standard InChI is InChI=1S/C22H16O4/c1-12-2-5-19(20(8-12)22(25)26)21-17-6-3-15(23)10-13(17)9-14-11-16(24)4-7-18(14)21/h2-8,10-11,23H,9H2,1H3,(H,25,26). The molecule has 0 aliphatic heterocycles. The zero-order valence-electron chi connectivity index (χ0n) is 14.1. The van der Waals surface area contributed by atoms with Crippen LogP contribution < -0.4 is 0 Å². The number of carbonyl (C=O) groups excluding carboxylic acids is 1. The van der Waals surface area contributed by atoms with E-state index in [1.807, 2.05) is 19.1 Å². The first-order valence-corrected chi connectivity index (χ1v) is 8.28. The number of phenols is 1. The first kappa shape index (κ1) is 16.1. The number of aromatic hydroxyl groups is 1. The van der Waals surface area contributed by atoms with Gasteiger partial charge in [-0.3, -0.25) is 4.79 Å². The summed E-state index contributed by atoms with van der Waals surface area (Å²) in [6.45, 7) is 1.85. The molecule has 2 aromatic carbocycles. The molecular weight excluding hydrogens is 328 g/mol. The molecule has 0 atom stereocenters. The van der Waals surface area contributed by atoms with Crippen molar-refractivity contribution in [2.75, 3.05) is 0 Å². The van der Waals surface area contributed by atoms with E-state index in [2.05, 4.69) is 0 Å². The predicted molar refractivity (Wildman–Crippen MR) is 98.2 cm³/mol. The predicted octanol–water partition coefficient (Wildman–Crippen LogP) is 3.82. The zero-order valence-corrected chi connectivity index (χ0v) is 14.1. The molecule has 2 aliphatic carbocycles. The highest BCUT2D eigenvalue weighted by Gasteiger charge is 2.27. The van der Waals surface area contributed by atoms with E-state index in [-0.39, 0.29) is 17.1 Å². The number of hydrogen-bond donors (Lipinski definition) is 2. The fraction of sp³-hybridized carbons (Fsp3) is 0.0909. The van der Waals surface area contributed by atoms with Gasteiger partial charge >= 0.3 is 5.97 Å². The van der Waals surface area contributed by atoms with E-state index in [0.29, 0.717) is 12.0 Å². The van der Waals surface area contributed by atoms with E-state index >= 15 is 0 Å². The molecule has 0 saturated carbocycles. The summed E-state index contributed by atoms with van der Waals surface area (Å²) in [7, 11) is 0. The zero-order chi connectivity index (χ0) is 18.4. The van der Waals surface area contributed by atoms with Crippen LogP contribution in [-0.2, 0) is 11.2 Å². The third-order valence-electron chi connectivity index (χ3n) is 4.76. The van der Waals surface area contributed by atoms with Crippen LogP contribution in [0.4, 0.5) is 0 Å². The average molecular weight is 344 g/mol. The number of aromatic carboxylic acids is 1. The van der Waals surface area contributed by atoms with Crippen molar-refractivity contribution in [2.45, 2.75) is 13.3 Å². The fourth-order valence-electron chi connectivity index (χ4n) is 3.62. The molecule has 128 valence electrons. The van der Waals surface area contributed by atoms with Crippen LogP contribution in [0.5, 0.6) is 5.75 Å². The lowest BCUT2D eigenvalue weighted by atomic mass is 9.76. The number of rotatable bonds is 2. The molecule has 0 aromatic heterocycles. The Morgan fingerprint density at radius 2 is 1.81 bits per heavy atom. The van der Waals surface area contributed by atoms with Crippen molar-refractivity contribution in [3.8, 4) is 5.75 Å². The summed E-state index contributed by atoms with van der Waals surface area (Å²) < 4.78 is 0. The van der Waals surface area contributed by atoms with Crippen LogP contribution in [0.15, 0.2) is 65.8 Å². The number of hydrogen-bond acceptors (Lipinski definition) is 3. The molecule has 2 aliphatic rings. The van der Waals surface area contributed by atoms with Gasteiger partial charge in [-0.2, -0.15) is 0 Å². The van der Waals surface area contributed by atoms with Gasteiger partial charge in [0.25, 0.3) is 0 Å². The van der Waals surface area contributed by atoms with Crippen molar-refractivity contribution >= 4 is 17.3 Å². The fourth-order valence-corrected chi connectivity index (χ4v) is 3.62. The monoisotopic (exact) mass is 344 g/mol. The molecule has 0 amide bonds. The Hall–Kier alpha value is -3.40. The van der Waals surface area contributed by atoms with Crippen molar-refractivity contribution < 1.29 is 19.8 Å². The lowest BCUT2D eigenvalue weighted by Crippen LogP contribution is -2.14. The normalized spacial score (nSPS) is 15.4. The lowest BCUT2D eigenvalue weighted by molar-refractivity contribution is -0.110. The smallest absolute Gasteiger partial charge is 0.336 e. The van der Waals surface area contributed by atoms with Crippen molar-refractivity contribution in [3.63, 3.8) is 0 Å². The third kappa shape index (κ3) is 2.56. The van der Waals surface area contributed by atoms with Crippen molar-refractivity contribution in [2.24, 2.45) is 0 Å². The van der Waals surface area contributed by atoms with Crippen molar-refractivity contribution in [3.05, 3.63) is 93.6 Å². The second-order valence-corrected chi connectivity index (χ2v) is 6.57. The van der Waals surface area contributed by atoms with Gasteiger partial charge in [-0.25, -0.2) is 4.79 Å². The van der Waals surface area contributed by atoms with Gasteiger partial charge in [0.1, 0.15) is 5.75 Å². The van der Waals surface area contributed by atoms with Crippen LogP contribution in [0.3, 0.4) is 0 Å². The van der Waals surface area contributed by atoms with E-state index in [9.17, 15) is 19.8 Å². The minimum absolute atomic E-state index is 0.0888. The van der Waals surface area contributed by atoms with Gasteiger partial charge in [-0.15, -0.1) is 0 Å². The summed E-state index contributed by atoms with van der Waals surface area (Å²) >= 11 is 0. The quantitative estimate of drug-likeness (QED) is 0.868. The molecule has 0 unspecified atom stereocenters. The number of carbonyl (C=O) groups is 2. The van der Waals surface area contributed by atoms with Gasteiger partial charge in [-0.1, -0.05) is 29.8 Å². The molecular formula is C22H16O4. The van der Waals surface area contributed by atoms with E-state index in [0.717, 1.165) is 33.4 Å². The van der Waals surface area contributed by atoms with E-state index in [1.165, 1.54) is 6.08 Å². The number of ketones is 1. The van der Waals surface area contributed by atoms with E-state index in [4.69, 9.17) is 0 Å². The summed E-state index contributed by atoms with van der Waals surface area (Å²) in [5.41, 5.74) is 5.90. The molecule has 4 nitrogen and oxygen atoms in total. The molecule has 0 radical (unpaired) electrons. The Morgan fingerprint density at radius 1 is 1.04 bits per heavy atom. The summed E-state index contributed by atoms with van der Waals surface area (Å²) in [6, 6.07) is 10.4. The highest BCUT2D eigenvalue weighted by atomic mass is 16.4. The summed E-state index contributed by atoms with van der Waals surface area (Å²) in [4.78, 5) is 23.7. The number of phenolic OH excluding ortho intramolecular Hbond substituents is 1. The van der Waals surface area contributed by atoms with Crippen molar-refractivity contribution in [1.82, 2.24) is 0 Å². The number of fused-ring (bicyclic) bond motifs is 2. The molecule has 0 saturated heterocycles. The summed E-state index contributed by atoms with van der Waals surface area (Å²) in [5.74, 6) is -0.939. The molecule has 2 aromatic rings. The summed E-state index contributed by atoms with van der Waals surface area (Å²) in [5, 5.41) is 19.6. The Kier molecular flexibility index (Phi) is 3.62. The molecule has 2 N–H and O–H groups in total. The highest BCUT2D eigenvalue weighted by Crippen LogP contribution is 2.42. The van der Waals surface area contributed by atoms with Crippen LogP contribution in [-0.4, -0.2) is 22.0 Å². The number of aryl methyl sites for hydroxylation is 1. The minimum atomic E-state index is -0.996. The van der Waals surface area contributed by atoms with Crippen LogP contribution in [0.2, 0.25) is 0 Å². The van der Waals surface area contributed by atoms with Gasteiger partial charge in [0.15, 0.2) is 5.78 Å². The van der Waals surface area contributed by atoms with E-state index < -0.39 is 5.97 Å². The molecule has 0 bridgehead atoms. The Labute approximate surface area is 150 Å². The van der Waals surface area contributed by atoms with Gasteiger partial charge in [0, 0.05) is 0 Å². The topological polar surface area (TPSA) is 74.6 Å². The van der Waals surface area contributed by atoms with Crippen molar-refractivity contribution in [1.29, 1.82) is 0 Å². The maximum Gasteiger partial charge on any atom is 0.336 e. The number of carboxylic acid groups (broad SMARTS) is 1. The highest BCUT2D eigenvalue weighted by molar-refractivity contribution is 6.06. The average Bonchev–Trinajstić information content (AvgIpc) is 2.59. The second-order valence-electron chi connectivity index (χ2n) is 6.57. The van der Waals surface area contributed by atoms with Crippen LogP contribution in [0.1, 0.15) is 32.6 Å². The molecule has 0 fully saturated rings. The third-order valence-corrected chi connectivity index (χ3v) is 4.76. The number of allylic oxidation sites excluding steroid dienone is 5. The van der Waals surface area contributed by atoms with Gasteiger partial charge in [0.05, 0.1) is 5.56 Å². The first-order chi connectivity index (χ1) is 12.4. The van der Waals surface area contributed by atoms with Crippen LogP contribution >= 0.6 is 0 Å². The number of benzene rings is 2. The summed E-state index contributed by atoms with van der Waals surface area (Å²) in [6.07, 6.45) is 5.36. The molecule has 4 rings (SSSR count). The lowest BCUT2D eigenvalue weighted by Gasteiger charge is -2.27. The van der Waals surface area contributed by atoms with Gasteiger partial charge in [-0.05, 0) is 77.1 Å². The minimum Gasteiger partial charge on any atom is -0.508 e. The van der Waals surface area contributed by atoms with Crippen LogP contribution in [0, 0.1) is 6.92 Å². The maximum absolute atomic E-state index is 11.8. The van der Waals surface area contributed by atoms with Crippen LogP contribution in [0.25, 0.3) is 5.57 Å². The molecule has 26 heavy (non-hydrogen) atoms. The molecule has 4 heteroatoms. The van der Waals surface area contributed by atoms with Gasteiger partial charge in [0.2, 0.25) is 0 Å². The Morgan fingerprint density at radius 3 is 2.58 bits per heavy atom. The second kappa shape index (κ2) is 5.85. The largest absolute Gasteiger partial charge is 0.508 e. The Bertz CT molecular complexity index is 1070. The van der Waals surface area contributed by atoms with Gasteiger partial charge < -0.3 is 10.2 Å². The molecule has 0 heterocycles.